The maximum Gasteiger partial charge on any atom is 0.315 e. The number of esters is 1. The standard InChI is InChI=1S/C15H22ClNO3/c1-3-17(4-2)9-10-20-15(19)14(11-18)12-5-7-13(16)8-6-12/h5-8,14,18H,3-4,9-11H2,1-2H3/t14-/m0/s1. The first kappa shape index (κ1) is 17.0. The number of halogens is 1. The minimum atomic E-state index is -0.649. The molecule has 1 rings (SSSR count). The number of rotatable bonds is 8. The van der Waals surface area contributed by atoms with Crippen molar-refractivity contribution in [3.8, 4) is 0 Å². The quantitative estimate of drug-likeness (QED) is 0.748. The fraction of sp³-hybridized carbons (Fsp3) is 0.533. The van der Waals surface area contributed by atoms with Gasteiger partial charge in [0, 0.05) is 11.6 Å². The summed E-state index contributed by atoms with van der Waals surface area (Å²) in [5, 5.41) is 9.97. The third-order valence-corrected chi connectivity index (χ3v) is 3.54. The molecule has 0 unspecified atom stereocenters. The summed E-state index contributed by atoms with van der Waals surface area (Å²) in [6.45, 7) is 6.75. The van der Waals surface area contributed by atoms with Crippen molar-refractivity contribution in [1.29, 1.82) is 0 Å². The van der Waals surface area contributed by atoms with Gasteiger partial charge >= 0.3 is 5.97 Å². The van der Waals surface area contributed by atoms with Crippen LogP contribution >= 0.6 is 11.6 Å². The van der Waals surface area contributed by atoms with Crippen LogP contribution in [0.2, 0.25) is 5.02 Å². The molecule has 0 heterocycles. The second-order valence-corrected chi connectivity index (χ2v) is 4.92. The Labute approximate surface area is 125 Å². The van der Waals surface area contributed by atoms with Crippen molar-refractivity contribution in [2.24, 2.45) is 0 Å². The first-order chi connectivity index (χ1) is 9.62. The van der Waals surface area contributed by atoms with Crippen molar-refractivity contribution in [2.45, 2.75) is 19.8 Å². The Kier molecular flexibility index (Phi) is 7.59. The number of hydrogen-bond acceptors (Lipinski definition) is 4. The van der Waals surface area contributed by atoms with Gasteiger partial charge in [-0.05, 0) is 30.8 Å². The van der Waals surface area contributed by atoms with Gasteiger partial charge < -0.3 is 14.7 Å². The van der Waals surface area contributed by atoms with E-state index in [1.165, 1.54) is 0 Å². The Morgan fingerprint density at radius 1 is 1.30 bits per heavy atom. The van der Waals surface area contributed by atoms with Gasteiger partial charge in [-0.25, -0.2) is 0 Å². The van der Waals surface area contributed by atoms with E-state index in [9.17, 15) is 9.90 Å². The molecule has 0 saturated heterocycles. The molecule has 4 nitrogen and oxygen atoms in total. The molecule has 1 aromatic rings. The summed E-state index contributed by atoms with van der Waals surface area (Å²) in [6.07, 6.45) is 0. The number of likely N-dealkylation sites (N-methyl/N-ethyl adjacent to an activating group) is 1. The van der Waals surface area contributed by atoms with Crippen molar-refractivity contribution in [2.75, 3.05) is 32.8 Å². The second kappa shape index (κ2) is 8.95. The Hall–Kier alpha value is -1.10. The third kappa shape index (κ3) is 5.12. The molecular weight excluding hydrogens is 278 g/mol. The monoisotopic (exact) mass is 299 g/mol. The molecule has 1 aromatic carbocycles. The van der Waals surface area contributed by atoms with Crippen LogP contribution in [0.4, 0.5) is 0 Å². The smallest absolute Gasteiger partial charge is 0.315 e. The summed E-state index contributed by atoms with van der Waals surface area (Å²) < 4.78 is 5.24. The molecule has 0 amide bonds. The van der Waals surface area contributed by atoms with Crippen LogP contribution in [0.5, 0.6) is 0 Å². The highest BCUT2D eigenvalue weighted by atomic mass is 35.5. The second-order valence-electron chi connectivity index (χ2n) is 4.48. The van der Waals surface area contributed by atoms with Crippen LogP contribution in [-0.2, 0) is 9.53 Å². The molecule has 0 fully saturated rings. The fourth-order valence-electron chi connectivity index (χ4n) is 1.93. The summed E-state index contributed by atoms with van der Waals surface area (Å²) in [6, 6.07) is 6.86. The molecule has 0 aliphatic heterocycles. The van der Waals surface area contributed by atoms with Crippen LogP contribution in [0.1, 0.15) is 25.3 Å². The summed E-state index contributed by atoms with van der Waals surface area (Å²) in [4.78, 5) is 14.2. The van der Waals surface area contributed by atoms with E-state index in [4.69, 9.17) is 16.3 Å². The summed E-state index contributed by atoms with van der Waals surface area (Å²) >= 11 is 5.81. The fourth-order valence-corrected chi connectivity index (χ4v) is 2.05. The number of carbonyl (C=O) groups excluding carboxylic acids is 1. The number of aliphatic hydroxyl groups excluding tert-OH is 1. The zero-order chi connectivity index (χ0) is 15.0. The van der Waals surface area contributed by atoms with Crippen LogP contribution < -0.4 is 0 Å². The highest BCUT2D eigenvalue weighted by Crippen LogP contribution is 2.19. The van der Waals surface area contributed by atoms with E-state index in [2.05, 4.69) is 18.7 Å². The first-order valence-electron chi connectivity index (χ1n) is 6.87. The zero-order valence-corrected chi connectivity index (χ0v) is 12.8. The van der Waals surface area contributed by atoms with Crippen molar-refractivity contribution in [1.82, 2.24) is 4.90 Å². The molecule has 1 N–H and O–H groups in total. The Bertz CT molecular complexity index is 404. The topological polar surface area (TPSA) is 49.8 Å². The molecule has 0 bridgehead atoms. The lowest BCUT2D eigenvalue weighted by Crippen LogP contribution is -2.29. The summed E-state index contributed by atoms with van der Waals surface area (Å²) in [7, 11) is 0. The number of aliphatic hydroxyl groups is 1. The van der Waals surface area contributed by atoms with Gasteiger partial charge in [0.2, 0.25) is 0 Å². The molecule has 1 atom stereocenters. The average molecular weight is 300 g/mol. The molecule has 0 aliphatic carbocycles. The third-order valence-electron chi connectivity index (χ3n) is 3.29. The van der Waals surface area contributed by atoms with E-state index in [0.29, 0.717) is 23.7 Å². The summed E-state index contributed by atoms with van der Waals surface area (Å²) in [5.74, 6) is -1.05. The SMILES string of the molecule is CCN(CC)CCOC(=O)[C@@H](CO)c1ccc(Cl)cc1. The lowest BCUT2D eigenvalue weighted by molar-refractivity contribution is -0.146. The van der Waals surface area contributed by atoms with E-state index in [-0.39, 0.29) is 6.61 Å². The first-order valence-corrected chi connectivity index (χ1v) is 7.25. The number of benzene rings is 1. The highest BCUT2D eigenvalue weighted by molar-refractivity contribution is 6.30. The average Bonchev–Trinajstić information content (AvgIpc) is 2.46. The lowest BCUT2D eigenvalue weighted by Gasteiger charge is -2.19. The minimum Gasteiger partial charge on any atom is -0.464 e. The normalized spacial score (nSPS) is 12.4. The van der Waals surface area contributed by atoms with Crippen LogP contribution in [0, 0.1) is 0 Å². The van der Waals surface area contributed by atoms with Gasteiger partial charge in [0.05, 0.1) is 6.61 Å². The van der Waals surface area contributed by atoms with Gasteiger partial charge in [-0.3, -0.25) is 4.79 Å². The molecule has 0 aromatic heterocycles. The van der Waals surface area contributed by atoms with Gasteiger partial charge in [-0.1, -0.05) is 37.6 Å². The van der Waals surface area contributed by atoms with Gasteiger partial charge in [0.1, 0.15) is 12.5 Å². The highest BCUT2D eigenvalue weighted by Gasteiger charge is 2.21. The van der Waals surface area contributed by atoms with Gasteiger partial charge in [0.15, 0.2) is 0 Å². The van der Waals surface area contributed by atoms with E-state index in [1.54, 1.807) is 24.3 Å². The van der Waals surface area contributed by atoms with E-state index in [1.807, 2.05) is 0 Å². The Morgan fingerprint density at radius 3 is 2.40 bits per heavy atom. The lowest BCUT2D eigenvalue weighted by atomic mass is 10.0. The van der Waals surface area contributed by atoms with Gasteiger partial charge in [-0.15, -0.1) is 0 Å². The van der Waals surface area contributed by atoms with Crippen molar-refractivity contribution in [3.05, 3.63) is 34.9 Å². The summed E-state index contributed by atoms with van der Waals surface area (Å²) in [5.41, 5.74) is 0.713. The van der Waals surface area contributed by atoms with Crippen molar-refractivity contribution < 1.29 is 14.6 Å². The molecule has 0 radical (unpaired) electrons. The number of hydrogen-bond donors (Lipinski definition) is 1. The van der Waals surface area contributed by atoms with E-state index >= 15 is 0 Å². The molecule has 5 heteroatoms. The molecule has 0 saturated carbocycles. The Morgan fingerprint density at radius 2 is 1.90 bits per heavy atom. The Balaban J connectivity index is 2.53. The maximum absolute atomic E-state index is 12.0. The van der Waals surface area contributed by atoms with Crippen LogP contribution in [0.3, 0.4) is 0 Å². The van der Waals surface area contributed by atoms with Crippen LogP contribution in [-0.4, -0.2) is 48.8 Å². The predicted molar refractivity (Wildman–Crippen MR) is 80.0 cm³/mol. The van der Waals surface area contributed by atoms with E-state index in [0.717, 1.165) is 13.1 Å². The van der Waals surface area contributed by atoms with Crippen LogP contribution in [0.15, 0.2) is 24.3 Å². The van der Waals surface area contributed by atoms with Gasteiger partial charge in [0.25, 0.3) is 0 Å². The minimum absolute atomic E-state index is 0.272. The molecule has 0 spiro atoms. The number of ether oxygens (including phenoxy) is 1. The molecule has 112 valence electrons. The largest absolute Gasteiger partial charge is 0.464 e. The zero-order valence-electron chi connectivity index (χ0n) is 12.0. The van der Waals surface area contributed by atoms with Crippen LogP contribution in [0.25, 0.3) is 0 Å². The molecule has 0 aliphatic rings. The van der Waals surface area contributed by atoms with Gasteiger partial charge in [-0.2, -0.15) is 0 Å². The van der Waals surface area contributed by atoms with E-state index < -0.39 is 11.9 Å². The predicted octanol–water partition coefficient (Wildman–Crippen LogP) is 2.30. The number of nitrogens with zero attached hydrogens (tertiary/aromatic N) is 1. The molecule has 20 heavy (non-hydrogen) atoms. The maximum atomic E-state index is 12.0. The number of carbonyl (C=O) groups is 1. The molecular formula is C15H22ClNO3. The van der Waals surface area contributed by atoms with Crippen molar-refractivity contribution in [3.63, 3.8) is 0 Å². The van der Waals surface area contributed by atoms with Crippen molar-refractivity contribution >= 4 is 17.6 Å².